The summed E-state index contributed by atoms with van der Waals surface area (Å²) < 4.78 is 0. The Labute approximate surface area is 81.7 Å². The molecule has 0 radical (unpaired) electrons. The fourth-order valence-electron chi connectivity index (χ4n) is 1.82. The minimum atomic E-state index is 0.272. The van der Waals surface area contributed by atoms with Gasteiger partial charge in [-0.15, -0.1) is 0 Å². The summed E-state index contributed by atoms with van der Waals surface area (Å²) in [6.45, 7) is 6.93. The van der Waals surface area contributed by atoms with Gasteiger partial charge in [-0.3, -0.25) is 0 Å². The van der Waals surface area contributed by atoms with E-state index < -0.39 is 0 Å². The molecule has 0 amide bonds. The van der Waals surface area contributed by atoms with Crippen molar-refractivity contribution in [1.82, 2.24) is 5.32 Å². The van der Waals surface area contributed by atoms with Gasteiger partial charge in [0.2, 0.25) is 0 Å². The number of hydrogen-bond donors (Lipinski definition) is 2. The molecule has 1 aliphatic rings. The average molecular weight is 185 g/mol. The van der Waals surface area contributed by atoms with Crippen molar-refractivity contribution in [3.63, 3.8) is 0 Å². The predicted molar refractivity (Wildman–Crippen MR) is 55.7 cm³/mol. The third kappa shape index (κ3) is 4.10. The molecule has 2 nitrogen and oxygen atoms in total. The van der Waals surface area contributed by atoms with Crippen molar-refractivity contribution in [2.45, 2.75) is 58.5 Å². The average Bonchev–Trinajstić information content (AvgIpc) is 1.91. The number of nitrogens with one attached hydrogen (secondary N) is 1. The van der Waals surface area contributed by atoms with Crippen LogP contribution in [-0.2, 0) is 0 Å². The van der Waals surface area contributed by atoms with Gasteiger partial charge in [0, 0.05) is 12.1 Å². The maximum Gasteiger partial charge on any atom is 0.0584 e. The summed E-state index contributed by atoms with van der Waals surface area (Å²) in [4.78, 5) is 0. The quantitative estimate of drug-likeness (QED) is 0.701. The van der Waals surface area contributed by atoms with E-state index in [1.807, 2.05) is 0 Å². The van der Waals surface area contributed by atoms with Crippen LogP contribution in [0.25, 0.3) is 0 Å². The molecule has 1 fully saturated rings. The Hall–Kier alpha value is -0.0800. The van der Waals surface area contributed by atoms with Gasteiger partial charge in [-0.1, -0.05) is 27.2 Å². The van der Waals surface area contributed by atoms with Crippen molar-refractivity contribution >= 4 is 0 Å². The molecular weight excluding hydrogens is 162 g/mol. The van der Waals surface area contributed by atoms with Gasteiger partial charge in [-0.2, -0.15) is 0 Å². The zero-order chi connectivity index (χ0) is 9.90. The molecule has 0 aromatic rings. The van der Waals surface area contributed by atoms with Crippen molar-refractivity contribution in [2.75, 3.05) is 6.61 Å². The van der Waals surface area contributed by atoms with E-state index in [9.17, 15) is 5.11 Å². The molecule has 2 heteroatoms. The number of aliphatic hydroxyl groups is 1. The van der Waals surface area contributed by atoms with Crippen molar-refractivity contribution in [3.05, 3.63) is 0 Å². The lowest BCUT2D eigenvalue weighted by Crippen LogP contribution is -2.45. The van der Waals surface area contributed by atoms with Crippen molar-refractivity contribution in [1.29, 1.82) is 0 Å². The Balaban J connectivity index is 2.25. The standard InChI is InChI=1S/C11H23NO/c1-11(2,3)7-10(8-13)12-9-5-4-6-9/h9-10,12-13H,4-8H2,1-3H3. The summed E-state index contributed by atoms with van der Waals surface area (Å²) in [5.41, 5.74) is 0.310. The van der Waals surface area contributed by atoms with Crippen LogP contribution in [0.1, 0.15) is 46.5 Å². The molecule has 1 saturated carbocycles. The maximum atomic E-state index is 9.20. The molecule has 0 bridgehead atoms. The van der Waals surface area contributed by atoms with Gasteiger partial charge in [0.25, 0.3) is 0 Å². The summed E-state index contributed by atoms with van der Waals surface area (Å²) in [5, 5.41) is 12.7. The zero-order valence-corrected chi connectivity index (χ0v) is 9.14. The number of rotatable bonds is 4. The first-order valence-corrected chi connectivity index (χ1v) is 5.38. The van der Waals surface area contributed by atoms with E-state index in [1.54, 1.807) is 0 Å². The Kier molecular flexibility index (Phi) is 3.74. The fraction of sp³-hybridized carbons (Fsp3) is 1.00. The molecule has 13 heavy (non-hydrogen) atoms. The lowest BCUT2D eigenvalue weighted by atomic mass is 9.86. The molecule has 0 aromatic heterocycles. The highest BCUT2D eigenvalue weighted by atomic mass is 16.3. The van der Waals surface area contributed by atoms with E-state index >= 15 is 0 Å². The highest BCUT2D eigenvalue weighted by Crippen LogP contribution is 2.24. The Bertz CT molecular complexity index is 147. The summed E-state index contributed by atoms with van der Waals surface area (Å²) in [6, 6.07) is 0.977. The van der Waals surface area contributed by atoms with Gasteiger partial charge in [0.1, 0.15) is 0 Å². The molecule has 0 heterocycles. The minimum Gasteiger partial charge on any atom is -0.395 e. The third-order valence-corrected chi connectivity index (χ3v) is 2.66. The normalized spacial score (nSPS) is 21.2. The topological polar surface area (TPSA) is 32.3 Å². The Morgan fingerprint density at radius 1 is 1.38 bits per heavy atom. The summed E-state index contributed by atoms with van der Waals surface area (Å²) in [7, 11) is 0. The predicted octanol–water partition coefficient (Wildman–Crippen LogP) is 1.93. The van der Waals surface area contributed by atoms with Gasteiger partial charge in [-0.05, 0) is 24.7 Å². The Morgan fingerprint density at radius 3 is 2.31 bits per heavy atom. The molecule has 1 unspecified atom stereocenters. The first-order valence-electron chi connectivity index (χ1n) is 5.38. The summed E-state index contributed by atoms with van der Waals surface area (Å²) in [5.74, 6) is 0. The SMILES string of the molecule is CC(C)(C)CC(CO)NC1CCC1. The smallest absolute Gasteiger partial charge is 0.0584 e. The van der Waals surface area contributed by atoms with Crippen LogP contribution in [0, 0.1) is 5.41 Å². The molecule has 1 aliphatic carbocycles. The molecule has 0 spiro atoms. The van der Waals surface area contributed by atoms with Gasteiger partial charge < -0.3 is 10.4 Å². The van der Waals surface area contributed by atoms with Crippen LogP contribution in [0.4, 0.5) is 0 Å². The van der Waals surface area contributed by atoms with Crippen molar-refractivity contribution in [3.8, 4) is 0 Å². The van der Waals surface area contributed by atoms with E-state index in [-0.39, 0.29) is 6.61 Å². The van der Waals surface area contributed by atoms with Crippen molar-refractivity contribution in [2.24, 2.45) is 5.41 Å². The molecular formula is C11H23NO. The van der Waals surface area contributed by atoms with Crippen LogP contribution in [0.2, 0.25) is 0 Å². The van der Waals surface area contributed by atoms with Gasteiger partial charge in [-0.25, -0.2) is 0 Å². The van der Waals surface area contributed by atoms with E-state index in [4.69, 9.17) is 0 Å². The lowest BCUT2D eigenvalue weighted by molar-refractivity contribution is 0.170. The van der Waals surface area contributed by atoms with Crippen LogP contribution >= 0.6 is 0 Å². The first-order chi connectivity index (χ1) is 6.01. The lowest BCUT2D eigenvalue weighted by Gasteiger charge is -2.33. The van der Waals surface area contributed by atoms with E-state index in [1.165, 1.54) is 19.3 Å². The maximum absolute atomic E-state index is 9.20. The molecule has 1 rings (SSSR count). The number of aliphatic hydroxyl groups excluding tert-OH is 1. The van der Waals surface area contributed by atoms with Crippen LogP contribution in [0.15, 0.2) is 0 Å². The van der Waals surface area contributed by atoms with Gasteiger partial charge in [0.15, 0.2) is 0 Å². The molecule has 2 N–H and O–H groups in total. The van der Waals surface area contributed by atoms with E-state index in [0.717, 1.165) is 6.42 Å². The number of hydrogen-bond acceptors (Lipinski definition) is 2. The van der Waals surface area contributed by atoms with Crippen molar-refractivity contribution < 1.29 is 5.11 Å². The van der Waals surface area contributed by atoms with E-state index in [0.29, 0.717) is 17.5 Å². The highest BCUT2D eigenvalue weighted by molar-refractivity contribution is 4.82. The van der Waals surface area contributed by atoms with Crippen LogP contribution in [0.3, 0.4) is 0 Å². The fourth-order valence-corrected chi connectivity index (χ4v) is 1.82. The van der Waals surface area contributed by atoms with Crippen LogP contribution in [-0.4, -0.2) is 23.8 Å². The molecule has 0 aromatic carbocycles. The van der Waals surface area contributed by atoms with Crippen LogP contribution in [0.5, 0.6) is 0 Å². The molecule has 1 atom stereocenters. The minimum absolute atomic E-state index is 0.272. The zero-order valence-electron chi connectivity index (χ0n) is 9.14. The second-order valence-electron chi connectivity index (χ2n) is 5.44. The van der Waals surface area contributed by atoms with E-state index in [2.05, 4.69) is 26.1 Å². The monoisotopic (exact) mass is 185 g/mol. The third-order valence-electron chi connectivity index (χ3n) is 2.66. The van der Waals surface area contributed by atoms with Crippen LogP contribution < -0.4 is 5.32 Å². The van der Waals surface area contributed by atoms with Gasteiger partial charge in [0.05, 0.1) is 6.61 Å². The molecule has 0 aliphatic heterocycles. The summed E-state index contributed by atoms with van der Waals surface area (Å²) in [6.07, 6.45) is 4.99. The second kappa shape index (κ2) is 4.43. The van der Waals surface area contributed by atoms with Gasteiger partial charge >= 0.3 is 0 Å². The molecule has 78 valence electrons. The molecule has 0 saturated heterocycles. The Morgan fingerprint density at radius 2 is 2.00 bits per heavy atom. The largest absolute Gasteiger partial charge is 0.395 e. The summed E-state index contributed by atoms with van der Waals surface area (Å²) >= 11 is 0. The second-order valence-corrected chi connectivity index (χ2v) is 5.44. The highest BCUT2D eigenvalue weighted by Gasteiger charge is 2.23. The first kappa shape index (κ1) is 11.0.